The highest BCUT2D eigenvalue weighted by atomic mass is 15.0. The van der Waals surface area contributed by atoms with Crippen molar-refractivity contribution >= 4 is 5.82 Å². The molecular weight excluding hydrogens is 188 g/mol. The highest BCUT2D eigenvalue weighted by molar-refractivity contribution is 5.39. The van der Waals surface area contributed by atoms with Crippen LogP contribution in [0.25, 0.3) is 0 Å². The minimum atomic E-state index is 0.394. The van der Waals surface area contributed by atoms with Crippen LogP contribution in [0, 0.1) is 6.92 Å². The average Bonchev–Trinajstić information content (AvgIpc) is 2.25. The summed E-state index contributed by atoms with van der Waals surface area (Å²) in [4.78, 5) is 8.50. The molecule has 1 aliphatic rings. The Balaban J connectivity index is 1.95. The number of aromatic nitrogens is 2. The summed E-state index contributed by atoms with van der Waals surface area (Å²) in [5.41, 5.74) is 6.83. The van der Waals surface area contributed by atoms with Crippen LogP contribution in [-0.2, 0) is 0 Å². The van der Waals surface area contributed by atoms with Crippen molar-refractivity contribution in [1.82, 2.24) is 9.97 Å². The monoisotopic (exact) mass is 206 g/mol. The standard InChI is InChI=1S/C11H18N4/c1-8-11(14-7-6-13-8)15-10-4-2-9(12)3-5-10/h6-7,9-10H,2-5,12H2,1H3,(H,14,15). The van der Waals surface area contributed by atoms with Crippen molar-refractivity contribution in [3.8, 4) is 0 Å². The molecule has 1 heterocycles. The zero-order valence-corrected chi connectivity index (χ0v) is 9.11. The first-order valence-electron chi connectivity index (χ1n) is 5.55. The summed E-state index contributed by atoms with van der Waals surface area (Å²) in [5.74, 6) is 0.915. The van der Waals surface area contributed by atoms with Gasteiger partial charge in [0.15, 0.2) is 0 Å². The summed E-state index contributed by atoms with van der Waals surface area (Å²) in [5, 5.41) is 3.44. The van der Waals surface area contributed by atoms with E-state index < -0.39 is 0 Å². The molecule has 0 bridgehead atoms. The lowest BCUT2D eigenvalue weighted by atomic mass is 9.92. The number of hydrogen-bond acceptors (Lipinski definition) is 4. The van der Waals surface area contributed by atoms with Crippen LogP contribution in [0.4, 0.5) is 5.82 Å². The summed E-state index contributed by atoms with van der Waals surface area (Å²) < 4.78 is 0. The quantitative estimate of drug-likeness (QED) is 0.769. The number of nitrogens with two attached hydrogens (primary N) is 1. The zero-order valence-electron chi connectivity index (χ0n) is 9.11. The minimum absolute atomic E-state index is 0.394. The summed E-state index contributed by atoms with van der Waals surface area (Å²) in [6, 6.07) is 0.909. The molecule has 1 fully saturated rings. The summed E-state index contributed by atoms with van der Waals surface area (Å²) in [7, 11) is 0. The van der Waals surface area contributed by atoms with Gasteiger partial charge in [0.05, 0.1) is 5.69 Å². The maximum atomic E-state index is 5.86. The van der Waals surface area contributed by atoms with E-state index in [0.29, 0.717) is 12.1 Å². The molecule has 0 saturated heterocycles. The van der Waals surface area contributed by atoms with E-state index in [1.54, 1.807) is 12.4 Å². The third-order valence-electron chi connectivity index (χ3n) is 2.99. The number of aryl methyl sites for hydroxylation is 1. The van der Waals surface area contributed by atoms with Gasteiger partial charge in [-0.05, 0) is 32.6 Å². The molecule has 1 aliphatic carbocycles. The molecule has 0 aromatic carbocycles. The first kappa shape index (κ1) is 10.4. The topological polar surface area (TPSA) is 63.8 Å². The third-order valence-corrected chi connectivity index (χ3v) is 2.99. The molecule has 0 atom stereocenters. The molecule has 1 saturated carbocycles. The van der Waals surface area contributed by atoms with Gasteiger partial charge >= 0.3 is 0 Å². The normalized spacial score (nSPS) is 26.3. The molecule has 4 heteroatoms. The average molecular weight is 206 g/mol. The fraction of sp³-hybridized carbons (Fsp3) is 0.636. The van der Waals surface area contributed by atoms with Crippen molar-refractivity contribution in [2.45, 2.75) is 44.7 Å². The lowest BCUT2D eigenvalue weighted by Crippen LogP contribution is -2.33. The molecule has 0 amide bonds. The lowest BCUT2D eigenvalue weighted by molar-refractivity contribution is 0.410. The lowest BCUT2D eigenvalue weighted by Gasteiger charge is -2.27. The van der Waals surface area contributed by atoms with Crippen LogP contribution >= 0.6 is 0 Å². The number of hydrogen-bond donors (Lipinski definition) is 2. The largest absolute Gasteiger partial charge is 0.366 e. The van der Waals surface area contributed by atoms with Gasteiger partial charge in [-0.25, -0.2) is 4.98 Å². The van der Waals surface area contributed by atoms with Crippen LogP contribution < -0.4 is 11.1 Å². The fourth-order valence-electron chi connectivity index (χ4n) is 2.01. The van der Waals surface area contributed by atoms with Crippen LogP contribution in [0.3, 0.4) is 0 Å². The number of nitrogens with one attached hydrogen (secondary N) is 1. The Labute approximate surface area is 90.3 Å². The zero-order chi connectivity index (χ0) is 10.7. The van der Waals surface area contributed by atoms with Gasteiger partial charge in [-0.1, -0.05) is 0 Å². The van der Waals surface area contributed by atoms with Crippen molar-refractivity contribution in [2.75, 3.05) is 5.32 Å². The van der Waals surface area contributed by atoms with E-state index in [1.807, 2.05) is 6.92 Å². The molecule has 0 spiro atoms. The van der Waals surface area contributed by atoms with Gasteiger partial charge in [0.2, 0.25) is 0 Å². The van der Waals surface area contributed by atoms with Crippen molar-refractivity contribution in [3.05, 3.63) is 18.1 Å². The van der Waals surface area contributed by atoms with Gasteiger partial charge in [0, 0.05) is 24.5 Å². The minimum Gasteiger partial charge on any atom is -0.366 e. The second-order valence-electron chi connectivity index (χ2n) is 4.25. The van der Waals surface area contributed by atoms with E-state index >= 15 is 0 Å². The Morgan fingerprint density at radius 2 is 1.87 bits per heavy atom. The molecule has 4 nitrogen and oxygen atoms in total. The number of rotatable bonds is 2. The van der Waals surface area contributed by atoms with Crippen molar-refractivity contribution in [1.29, 1.82) is 0 Å². The second kappa shape index (κ2) is 4.57. The summed E-state index contributed by atoms with van der Waals surface area (Å²) in [6.07, 6.45) is 7.93. The Bertz CT molecular complexity index is 318. The van der Waals surface area contributed by atoms with Crippen LogP contribution in [0.2, 0.25) is 0 Å². The first-order chi connectivity index (χ1) is 7.25. The molecule has 0 unspecified atom stereocenters. The second-order valence-corrected chi connectivity index (χ2v) is 4.25. The van der Waals surface area contributed by atoms with Crippen LogP contribution in [0.15, 0.2) is 12.4 Å². The predicted molar refractivity (Wildman–Crippen MR) is 60.6 cm³/mol. The molecule has 2 rings (SSSR count). The molecular formula is C11H18N4. The van der Waals surface area contributed by atoms with Crippen LogP contribution in [-0.4, -0.2) is 22.1 Å². The Kier molecular flexibility index (Phi) is 3.16. The SMILES string of the molecule is Cc1nccnc1NC1CCC(N)CC1. The molecule has 0 radical (unpaired) electrons. The van der Waals surface area contributed by atoms with E-state index in [2.05, 4.69) is 15.3 Å². The molecule has 82 valence electrons. The number of nitrogens with zero attached hydrogens (tertiary/aromatic N) is 2. The molecule has 1 aromatic rings. The highest BCUT2D eigenvalue weighted by Gasteiger charge is 2.18. The van der Waals surface area contributed by atoms with E-state index in [0.717, 1.165) is 37.2 Å². The van der Waals surface area contributed by atoms with Crippen molar-refractivity contribution in [3.63, 3.8) is 0 Å². The highest BCUT2D eigenvalue weighted by Crippen LogP contribution is 2.20. The number of anilines is 1. The summed E-state index contributed by atoms with van der Waals surface area (Å²) in [6.45, 7) is 1.98. The fourth-order valence-corrected chi connectivity index (χ4v) is 2.01. The van der Waals surface area contributed by atoms with Crippen molar-refractivity contribution < 1.29 is 0 Å². The van der Waals surface area contributed by atoms with Crippen LogP contribution in [0.1, 0.15) is 31.4 Å². The Morgan fingerprint density at radius 3 is 2.53 bits per heavy atom. The molecule has 3 N–H and O–H groups in total. The van der Waals surface area contributed by atoms with Gasteiger partial charge in [-0.3, -0.25) is 4.98 Å². The smallest absolute Gasteiger partial charge is 0.147 e. The summed E-state index contributed by atoms with van der Waals surface area (Å²) >= 11 is 0. The van der Waals surface area contributed by atoms with Crippen molar-refractivity contribution in [2.24, 2.45) is 5.73 Å². The van der Waals surface area contributed by atoms with Gasteiger partial charge in [-0.2, -0.15) is 0 Å². The van der Waals surface area contributed by atoms with Crippen LogP contribution in [0.5, 0.6) is 0 Å². The maximum absolute atomic E-state index is 5.86. The van der Waals surface area contributed by atoms with E-state index in [-0.39, 0.29) is 0 Å². The Morgan fingerprint density at radius 1 is 1.20 bits per heavy atom. The first-order valence-corrected chi connectivity index (χ1v) is 5.55. The van der Waals surface area contributed by atoms with Gasteiger partial charge in [-0.15, -0.1) is 0 Å². The molecule has 15 heavy (non-hydrogen) atoms. The Hall–Kier alpha value is -1.16. The van der Waals surface area contributed by atoms with E-state index in [9.17, 15) is 0 Å². The maximum Gasteiger partial charge on any atom is 0.147 e. The molecule has 1 aromatic heterocycles. The van der Waals surface area contributed by atoms with E-state index in [1.165, 1.54) is 0 Å². The van der Waals surface area contributed by atoms with Gasteiger partial charge in [0.25, 0.3) is 0 Å². The van der Waals surface area contributed by atoms with Gasteiger partial charge in [0.1, 0.15) is 5.82 Å². The predicted octanol–water partition coefficient (Wildman–Crippen LogP) is 1.47. The third kappa shape index (κ3) is 2.65. The van der Waals surface area contributed by atoms with E-state index in [4.69, 9.17) is 5.73 Å². The van der Waals surface area contributed by atoms with Gasteiger partial charge < -0.3 is 11.1 Å². The molecule has 0 aliphatic heterocycles.